The minimum absolute atomic E-state index is 0.240. The van der Waals surface area contributed by atoms with E-state index >= 15 is 0 Å². The molecule has 0 aliphatic carbocycles. The van der Waals surface area contributed by atoms with Crippen LogP contribution in [0.25, 0.3) is 11.1 Å². The molecular weight excluding hydrogens is 360 g/mol. The normalized spacial score (nSPS) is 10.7. The molecule has 0 amide bonds. The Balaban J connectivity index is 1.78. The van der Waals surface area contributed by atoms with Crippen LogP contribution in [-0.2, 0) is 4.74 Å². The number of rotatable bonds is 14. The Labute approximate surface area is 176 Å². The summed E-state index contributed by atoms with van der Waals surface area (Å²) in [5.74, 6) is 0.670. The van der Waals surface area contributed by atoms with Crippen molar-refractivity contribution in [2.75, 3.05) is 13.2 Å². The van der Waals surface area contributed by atoms with Crippen molar-refractivity contribution < 1.29 is 14.3 Å². The summed E-state index contributed by atoms with van der Waals surface area (Å²) in [5.41, 5.74) is 2.79. The maximum atomic E-state index is 12.1. The summed E-state index contributed by atoms with van der Waals surface area (Å²) in [7, 11) is 0. The highest BCUT2D eigenvalue weighted by atomic mass is 16.5. The Bertz CT molecular complexity index is 689. The second kappa shape index (κ2) is 13.8. The monoisotopic (exact) mass is 396 g/mol. The van der Waals surface area contributed by atoms with Gasteiger partial charge in [-0.25, -0.2) is 4.79 Å². The van der Waals surface area contributed by atoms with Crippen molar-refractivity contribution in [3.05, 3.63) is 54.1 Å². The van der Waals surface area contributed by atoms with Crippen LogP contribution in [0.15, 0.2) is 48.5 Å². The number of carbonyl (C=O) groups is 1. The molecule has 0 saturated heterocycles. The molecule has 0 N–H and O–H groups in total. The maximum absolute atomic E-state index is 12.1. The fourth-order valence-electron chi connectivity index (χ4n) is 3.22. The van der Waals surface area contributed by atoms with Crippen LogP contribution in [-0.4, -0.2) is 19.2 Å². The van der Waals surface area contributed by atoms with E-state index in [0.29, 0.717) is 12.2 Å². The van der Waals surface area contributed by atoms with Gasteiger partial charge >= 0.3 is 5.97 Å². The molecule has 0 aliphatic rings. The van der Waals surface area contributed by atoms with Gasteiger partial charge in [0.15, 0.2) is 0 Å². The van der Waals surface area contributed by atoms with E-state index in [4.69, 9.17) is 9.47 Å². The first-order valence-corrected chi connectivity index (χ1v) is 11.2. The summed E-state index contributed by atoms with van der Waals surface area (Å²) in [6, 6.07) is 15.8. The van der Waals surface area contributed by atoms with Gasteiger partial charge in [-0.1, -0.05) is 83.1 Å². The van der Waals surface area contributed by atoms with E-state index in [9.17, 15) is 4.79 Å². The zero-order valence-corrected chi connectivity index (χ0v) is 18.1. The van der Waals surface area contributed by atoms with Crippen LogP contribution in [0.1, 0.15) is 82.0 Å². The number of esters is 1. The third-order valence-electron chi connectivity index (χ3n) is 5.06. The van der Waals surface area contributed by atoms with Crippen molar-refractivity contribution in [3.8, 4) is 16.9 Å². The number of hydrogen-bond acceptors (Lipinski definition) is 3. The lowest BCUT2D eigenvalue weighted by Crippen LogP contribution is -2.06. The molecule has 0 saturated carbocycles. The fraction of sp³-hybridized carbons (Fsp3) is 0.500. The van der Waals surface area contributed by atoms with Crippen LogP contribution in [0, 0.1) is 0 Å². The van der Waals surface area contributed by atoms with Crippen LogP contribution in [0.5, 0.6) is 5.75 Å². The molecule has 158 valence electrons. The van der Waals surface area contributed by atoms with E-state index in [1.165, 1.54) is 38.5 Å². The number of benzene rings is 2. The minimum atomic E-state index is -0.240. The summed E-state index contributed by atoms with van der Waals surface area (Å²) < 4.78 is 11.2. The van der Waals surface area contributed by atoms with Crippen molar-refractivity contribution in [2.45, 2.75) is 71.6 Å². The van der Waals surface area contributed by atoms with E-state index in [1.54, 1.807) is 0 Å². The zero-order valence-electron chi connectivity index (χ0n) is 18.1. The Morgan fingerprint density at radius 3 is 1.79 bits per heavy atom. The van der Waals surface area contributed by atoms with Crippen molar-refractivity contribution >= 4 is 5.97 Å². The largest absolute Gasteiger partial charge is 0.494 e. The SMILES string of the molecule is CCCCCCCOc1ccc(-c2ccc(C(=O)OCCCCCC)cc2)cc1. The lowest BCUT2D eigenvalue weighted by molar-refractivity contribution is 0.0498. The molecular formula is C26H36O3. The van der Waals surface area contributed by atoms with Gasteiger partial charge in [-0.3, -0.25) is 0 Å². The summed E-state index contributed by atoms with van der Waals surface area (Å²) in [5, 5.41) is 0. The molecule has 0 heterocycles. The van der Waals surface area contributed by atoms with Crippen LogP contribution in [0.4, 0.5) is 0 Å². The van der Waals surface area contributed by atoms with Crippen molar-refractivity contribution in [2.24, 2.45) is 0 Å². The van der Waals surface area contributed by atoms with Crippen LogP contribution in [0.2, 0.25) is 0 Å². The molecule has 0 fully saturated rings. The predicted molar refractivity (Wildman–Crippen MR) is 121 cm³/mol. The molecule has 0 radical (unpaired) electrons. The van der Waals surface area contributed by atoms with Gasteiger partial charge < -0.3 is 9.47 Å². The molecule has 2 aromatic rings. The first kappa shape index (κ1) is 23.0. The third kappa shape index (κ3) is 8.72. The zero-order chi connectivity index (χ0) is 20.7. The van der Waals surface area contributed by atoms with E-state index < -0.39 is 0 Å². The first-order chi connectivity index (χ1) is 14.2. The van der Waals surface area contributed by atoms with Gasteiger partial charge in [0.05, 0.1) is 18.8 Å². The average molecular weight is 397 g/mol. The number of hydrogen-bond donors (Lipinski definition) is 0. The van der Waals surface area contributed by atoms with Gasteiger partial charge in [-0.15, -0.1) is 0 Å². The minimum Gasteiger partial charge on any atom is -0.494 e. The molecule has 0 aromatic heterocycles. The molecule has 3 nitrogen and oxygen atoms in total. The summed E-state index contributed by atoms with van der Waals surface area (Å²) >= 11 is 0. The predicted octanol–water partition coefficient (Wildman–Crippen LogP) is 7.44. The van der Waals surface area contributed by atoms with Crippen molar-refractivity contribution in [3.63, 3.8) is 0 Å². The van der Waals surface area contributed by atoms with Crippen LogP contribution < -0.4 is 4.74 Å². The molecule has 0 spiro atoms. The van der Waals surface area contributed by atoms with Gasteiger partial charge in [0.1, 0.15) is 5.75 Å². The fourth-order valence-corrected chi connectivity index (χ4v) is 3.22. The van der Waals surface area contributed by atoms with Gasteiger partial charge in [0.2, 0.25) is 0 Å². The molecule has 0 bridgehead atoms. The standard InChI is InChI=1S/C26H36O3/c1-3-5-7-9-11-20-28-25-18-16-23(17-19-25)22-12-14-24(15-13-22)26(27)29-21-10-8-6-4-2/h12-19H,3-11,20-21H2,1-2H3. The van der Waals surface area contributed by atoms with Gasteiger partial charge in [0, 0.05) is 0 Å². The average Bonchev–Trinajstić information content (AvgIpc) is 2.76. The van der Waals surface area contributed by atoms with Gasteiger partial charge in [-0.2, -0.15) is 0 Å². The molecule has 0 aliphatic heterocycles. The van der Waals surface area contributed by atoms with E-state index in [0.717, 1.165) is 42.7 Å². The number of ether oxygens (including phenoxy) is 2. The van der Waals surface area contributed by atoms with Crippen molar-refractivity contribution in [1.82, 2.24) is 0 Å². The maximum Gasteiger partial charge on any atom is 0.338 e. The topological polar surface area (TPSA) is 35.5 Å². The van der Waals surface area contributed by atoms with Crippen LogP contribution >= 0.6 is 0 Å². The lowest BCUT2D eigenvalue weighted by Gasteiger charge is -2.08. The Hall–Kier alpha value is -2.29. The lowest BCUT2D eigenvalue weighted by atomic mass is 10.0. The quantitative estimate of drug-likeness (QED) is 0.246. The Morgan fingerprint density at radius 2 is 1.17 bits per heavy atom. The molecule has 3 heteroatoms. The molecule has 0 unspecified atom stereocenters. The summed E-state index contributed by atoms with van der Waals surface area (Å²) in [6.45, 7) is 5.68. The van der Waals surface area contributed by atoms with E-state index in [1.807, 2.05) is 36.4 Å². The van der Waals surface area contributed by atoms with E-state index in [2.05, 4.69) is 26.0 Å². The number of unbranched alkanes of at least 4 members (excludes halogenated alkanes) is 7. The van der Waals surface area contributed by atoms with Crippen molar-refractivity contribution in [1.29, 1.82) is 0 Å². The first-order valence-electron chi connectivity index (χ1n) is 11.2. The highest BCUT2D eigenvalue weighted by Crippen LogP contribution is 2.23. The Kier molecular flexibility index (Phi) is 11.0. The third-order valence-corrected chi connectivity index (χ3v) is 5.06. The molecule has 29 heavy (non-hydrogen) atoms. The molecule has 2 aromatic carbocycles. The highest BCUT2D eigenvalue weighted by Gasteiger charge is 2.07. The smallest absolute Gasteiger partial charge is 0.338 e. The second-order valence-electron chi connectivity index (χ2n) is 7.56. The van der Waals surface area contributed by atoms with Crippen LogP contribution in [0.3, 0.4) is 0 Å². The highest BCUT2D eigenvalue weighted by molar-refractivity contribution is 5.90. The van der Waals surface area contributed by atoms with Gasteiger partial charge in [-0.05, 0) is 48.2 Å². The molecule has 2 rings (SSSR count). The second-order valence-corrected chi connectivity index (χ2v) is 7.56. The van der Waals surface area contributed by atoms with E-state index in [-0.39, 0.29) is 5.97 Å². The molecule has 0 atom stereocenters. The summed E-state index contributed by atoms with van der Waals surface area (Å²) in [4.78, 5) is 12.1. The number of carbonyl (C=O) groups excluding carboxylic acids is 1. The summed E-state index contributed by atoms with van der Waals surface area (Å²) in [6.07, 6.45) is 10.6. The van der Waals surface area contributed by atoms with Gasteiger partial charge in [0.25, 0.3) is 0 Å². The Morgan fingerprint density at radius 1 is 0.655 bits per heavy atom.